The van der Waals surface area contributed by atoms with Gasteiger partial charge in [0.05, 0.1) is 24.1 Å². The number of amides is 1. The first-order chi connectivity index (χ1) is 16.2. The summed E-state index contributed by atoms with van der Waals surface area (Å²) in [5.41, 5.74) is 3.04. The van der Waals surface area contributed by atoms with E-state index >= 15 is 0 Å². The first-order valence-electron chi connectivity index (χ1n) is 10.5. The van der Waals surface area contributed by atoms with Crippen LogP contribution in [0.4, 0.5) is 11.4 Å². The lowest BCUT2D eigenvalue weighted by Crippen LogP contribution is -2.31. The second kappa shape index (κ2) is 9.15. The number of carbonyl (C=O) groups excluding carboxylic acids is 1. The average Bonchev–Trinajstić information content (AvgIpc) is 3.08. The van der Waals surface area contributed by atoms with E-state index in [1.54, 1.807) is 80.7 Å². The molecule has 1 atom stereocenters. The highest BCUT2D eigenvalue weighted by Gasteiger charge is 2.43. The van der Waals surface area contributed by atoms with Crippen LogP contribution in [0, 0.1) is 12.3 Å². The smallest absolute Gasteiger partial charge is 0.262 e. The molecule has 2 N–H and O–H groups in total. The van der Waals surface area contributed by atoms with Crippen molar-refractivity contribution in [3.8, 4) is 5.88 Å². The van der Waals surface area contributed by atoms with Crippen molar-refractivity contribution in [3.05, 3.63) is 92.6 Å². The number of aromatic nitrogens is 2. The number of hydrogen-bond acceptors (Lipinski definition) is 6. The topological polar surface area (TPSA) is 100 Å². The molecule has 0 saturated carbocycles. The van der Waals surface area contributed by atoms with Crippen molar-refractivity contribution in [2.75, 3.05) is 17.3 Å². The molecule has 34 heavy (non-hydrogen) atoms. The third-order valence-electron chi connectivity index (χ3n) is 5.71. The number of carbonyl (C=O) groups is 1. The van der Waals surface area contributed by atoms with Crippen LogP contribution in [0.1, 0.15) is 24.1 Å². The standard InChI is InChI=1S/C25H24ClN5O3/c1-14-12-18(13-30(3)24(14)32)31-22(16-7-9-17(26)10-8-16)21(27)20(25(31)33)15(2)29-19-6-5-11-28-23(19)34-4/h5-13,22,27,29H,1-4H3/b20-15+,27-21?. The van der Waals surface area contributed by atoms with E-state index in [2.05, 4.69) is 10.3 Å². The van der Waals surface area contributed by atoms with Crippen LogP contribution in [-0.4, -0.2) is 28.3 Å². The second-order valence-corrected chi connectivity index (χ2v) is 8.46. The molecule has 3 aromatic rings. The van der Waals surface area contributed by atoms with E-state index in [9.17, 15) is 9.59 Å². The fourth-order valence-electron chi connectivity index (χ4n) is 4.11. The largest absolute Gasteiger partial charge is 0.480 e. The number of rotatable bonds is 5. The maximum Gasteiger partial charge on any atom is 0.262 e. The molecule has 1 amide bonds. The minimum absolute atomic E-state index is 0.131. The fourth-order valence-corrected chi connectivity index (χ4v) is 4.24. The van der Waals surface area contributed by atoms with Crippen LogP contribution in [0.2, 0.25) is 5.02 Å². The zero-order chi connectivity index (χ0) is 24.6. The number of ether oxygens (including phenoxy) is 1. The molecule has 0 bridgehead atoms. The average molecular weight is 478 g/mol. The molecular formula is C25H24ClN5O3. The number of nitrogens with one attached hydrogen (secondary N) is 2. The number of hydrogen-bond donors (Lipinski definition) is 2. The quantitative estimate of drug-likeness (QED) is 0.535. The van der Waals surface area contributed by atoms with Gasteiger partial charge in [-0.15, -0.1) is 0 Å². The summed E-state index contributed by atoms with van der Waals surface area (Å²) >= 11 is 6.08. The molecule has 1 saturated heterocycles. The molecule has 1 aliphatic heterocycles. The van der Waals surface area contributed by atoms with Crippen LogP contribution in [0.5, 0.6) is 5.88 Å². The molecule has 1 fully saturated rings. The Kier molecular flexibility index (Phi) is 6.26. The molecule has 1 aliphatic rings. The Balaban J connectivity index is 1.86. The Morgan fingerprint density at radius 3 is 2.56 bits per heavy atom. The first-order valence-corrected chi connectivity index (χ1v) is 10.9. The SMILES string of the molecule is COc1ncccc1N/C(C)=C1\C(=N)C(c2ccc(Cl)cc2)N(c2cc(C)c(=O)n(C)c2)C1=O. The van der Waals surface area contributed by atoms with Crippen molar-refractivity contribution in [2.45, 2.75) is 19.9 Å². The number of aryl methyl sites for hydroxylation is 2. The molecule has 0 aliphatic carbocycles. The van der Waals surface area contributed by atoms with Gasteiger partial charge in [0.2, 0.25) is 5.88 Å². The van der Waals surface area contributed by atoms with Gasteiger partial charge in [0, 0.05) is 35.7 Å². The van der Waals surface area contributed by atoms with Crippen LogP contribution in [-0.2, 0) is 11.8 Å². The zero-order valence-electron chi connectivity index (χ0n) is 19.2. The number of anilines is 2. The maximum absolute atomic E-state index is 13.8. The molecular weight excluding hydrogens is 454 g/mol. The minimum atomic E-state index is -0.691. The summed E-state index contributed by atoms with van der Waals surface area (Å²) in [6.07, 6.45) is 3.22. The third-order valence-corrected chi connectivity index (χ3v) is 5.96. The van der Waals surface area contributed by atoms with Gasteiger partial charge in [-0.2, -0.15) is 0 Å². The van der Waals surface area contributed by atoms with Gasteiger partial charge < -0.3 is 20.0 Å². The third kappa shape index (κ3) is 4.08. The molecule has 174 valence electrons. The van der Waals surface area contributed by atoms with Crippen molar-refractivity contribution in [1.29, 1.82) is 5.41 Å². The highest BCUT2D eigenvalue weighted by Crippen LogP contribution is 2.39. The lowest BCUT2D eigenvalue weighted by Gasteiger charge is -2.25. The van der Waals surface area contributed by atoms with Crippen LogP contribution in [0.25, 0.3) is 0 Å². The van der Waals surface area contributed by atoms with Gasteiger partial charge in [-0.25, -0.2) is 4.98 Å². The number of halogens is 1. The molecule has 1 unspecified atom stereocenters. The molecule has 4 rings (SSSR count). The highest BCUT2D eigenvalue weighted by molar-refractivity contribution is 6.35. The molecule has 1 aromatic carbocycles. The molecule has 8 nitrogen and oxygen atoms in total. The van der Waals surface area contributed by atoms with E-state index in [0.29, 0.717) is 33.5 Å². The van der Waals surface area contributed by atoms with E-state index in [1.165, 1.54) is 11.7 Å². The Morgan fingerprint density at radius 2 is 1.91 bits per heavy atom. The summed E-state index contributed by atoms with van der Waals surface area (Å²) in [5, 5.41) is 12.7. The van der Waals surface area contributed by atoms with Gasteiger partial charge >= 0.3 is 0 Å². The first kappa shape index (κ1) is 23.3. The van der Waals surface area contributed by atoms with Crippen molar-refractivity contribution < 1.29 is 9.53 Å². The Labute approximate surface area is 202 Å². The maximum atomic E-state index is 13.8. The van der Waals surface area contributed by atoms with E-state index < -0.39 is 6.04 Å². The highest BCUT2D eigenvalue weighted by atomic mass is 35.5. The molecule has 0 spiro atoms. The van der Waals surface area contributed by atoms with Gasteiger partial charge in [0.1, 0.15) is 11.7 Å². The predicted octanol–water partition coefficient (Wildman–Crippen LogP) is 4.24. The molecule has 3 heterocycles. The van der Waals surface area contributed by atoms with Gasteiger partial charge in [0.25, 0.3) is 11.5 Å². The number of nitrogens with zero attached hydrogens (tertiary/aromatic N) is 3. The Hall–Kier alpha value is -3.91. The van der Waals surface area contributed by atoms with Gasteiger partial charge in [-0.3, -0.25) is 14.5 Å². The molecule has 0 radical (unpaired) electrons. The number of pyridine rings is 2. The van der Waals surface area contributed by atoms with Gasteiger partial charge in [0.15, 0.2) is 0 Å². The van der Waals surface area contributed by atoms with Gasteiger partial charge in [-0.1, -0.05) is 23.7 Å². The molecule has 2 aromatic heterocycles. The monoisotopic (exact) mass is 477 g/mol. The van der Waals surface area contributed by atoms with Gasteiger partial charge in [-0.05, 0) is 49.7 Å². The predicted molar refractivity (Wildman–Crippen MR) is 133 cm³/mol. The summed E-state index contributed by atoms with van der Waals surface area (Å²) in [5.74, 6) is 0.0232. The van der Waals surface area contributed by atoms with E-state index in [0.717, 1.165) is 5.56 Å². The van der Waals surface area contributed by atoms with Crippen LogP contribution in [0.15, 0.2) is 70.9 Å². The second-order valence-electron chi connectivity index (χ2n) is 8.03. The normalized spacial score (nSPS) is 17.2. The van der Waals surface area contributed by atoms with Crippen molar-refractivity contribution in [1.82, 2.24) is 9.55 Å². The van der Waals surface area contributed by atoms with Crippen molar-refractivity contribution in [3.63, 3.8) is 0 Å². The van der Waals surface area contributed by atoms with Crippen LogP contribution >= 0.6 is 11.6 Å². The summed E-state index contributed by atoms with van der Waals surface area (Å²) in [6.45, 7) is 3.44. The van der Waals surface area contributed by atoms with E-state index in [4.69, 9.17) is 21.7 Å². The summed E-state index contributed by atoms with van der Waals surface area (Å²) in [7, 11) is 3.15. The lowest BCUT2D eigenvalue weighted by molar-refractivity contribution is -0.114. The van der Waals surface area contributed by atoms with Crippen molar-refractivity contribution in [2.24, 2.45) is 7.05 Å². The summed E-state index contributed by atoms with van der Waals surface area (Å²) < 4.78 is 6.74. The summed E-state index contributed by atoms with van der Waals surface area (Å²) in [4.78, 5) is 31.8. The fraction of sp³-hybridized carbons (Fsp3) is 0.200. The summed E-state index contributed by atoms with van der Waals surface area (Å²) in [6, 6.07) is 11.6. The van der Waals surface area contributed by atoms with Crippen LogP contribution < -0.4 is 20.5 Å². The lowest BCUT2D eigenvalue weighted by atomic mass is 9.99. The van der Waals surface area contributed by atoms with E-state index in [-0.39, 0.29) is 22.8 Å². The number of methoxy groups -OCH3 is 1. The van der Waals surface area contributed by atoms with Crippen molar-refractivity contribution >= 4 is 34.6 Å². The van der Waals surface area contributed by atoms with E-state index in [1.807, 2.05) is 0 Å². The molecule has 9 heteroatoms. The number of allylic oxidation sites excluding steroid dienone is 1. The minimum Gasteiger partial charge on any atom is -0.480 e. The Morgan fingerprint density at radius 1 is 1.21 bits per heavy atom. The Bertz CT molecular complexity index is 1350. The number of benzene rings is 1. The zero-order valence-corrected chi connectivity index (χ0v) is 20.0. The van der Waals surface area contributed by atoms with Crippen LogP contribution in [0.3, 0.4) is 0 Å².